The molecule has 1 aliphatic carbocycles. The van der Waals surface area contributed by atoms with Gasteiger partial charge in [0.05, 0.1) is 0 Å². The first-order chi connectivity index (χ1) is 8.72. The molecule has 0 fully saturated rings. The van der Waals surface area contributed by atoms with Gasteiger partial charge in [0.15, 0.2) is 11.6 Å². The van der Waals surface area contributed by atoms with Gasteiger partial charge in [-0.25, -0.2) is 4.39 Å². The molecule has 0 aromatic heterocycles. The van der Waals surface area contributed by atoms with Crippen molar-refractivity contribution in [1.82, 2.24) is 0 Å². The number of alkyl halides is 1. The Balaban J connectivity index is 2.27. The van der Waals surface area contributed by atoms with Crippen LogP contribution in [0.5, 0.6) is 0 Å². The van der Waals surface area contributed by atoms with Crippen LogP contribution in [-0.4, -0.2) is 11.6 Å². The van der Waals surface area contributed by atoms with Crippen LogP contribution in [0.25, 0.3) is 0 Å². The fourth-order valence-electron chi connectivity index (χ4n) is 2.23. The van der Waals surface area contributed by atoms with Crippen LogP contribution in [0.2, 0.25) is 0 Å². The van der Waals surface area contributed by atoms with Crippen molar-refractivity contribution in [3.63, 3.8) is 0 Å². The minimum Gasteiger partial charge on any atom is -0.289 e. The van der Waals surface area contributed by atoms with E-state index in [-0.39, 0.29) is 11.6 Å². The number of carbonyl (C=O) groups is 2. The second-order valence-electron chi connectivity index (χ2n) is 4.22. The van der Waals surface area contributed by atoms with Crippen LogP contribution >= 0.6 is 0 Å². The van der Waals surface area contributed by atoms with Crippen molar-refractivity contribution in [2.45, 2.75) is 6.67 Å². The average Bonchev–Trinajstić information content (AvgIpc) is 2.44. The molecule has 2 nitrogen and oxygen atoms in total. The molecule has 2 aromatic rings. The smallest absolute Gasteiger partial charge is 0.194 e. The highest BCUT2D eigenvalue weighted by molar-refractivity contribution is 6.28. The summed E-state index contributed by atoms with van der Waals surface area (Å²) in [5, 5.41) is 0. The summed E-state index contributed by atoms with van der Waals surface area (Å²) in [4.78, 5) is 24.5. The van der Waals surface area contributed by atoms with Crippen LogP contribution in [-0.2, 0) is 6.67 Å². The Morgan fingerprint density at radius 1 is 0.778 bits per heavy atom. The SMILES string of the molecule is O=C1c2ccccc2C(=O)c2cc(CF)ccc21. The number of carbonyl (C=O) groups excluding carboxylic acids is 2. The van der Waals surface area contributed by atoms with Crippen molar-refractivity contribution in [2.24, 2.45) is 0 Å². The van der Waals surface area contributed by atoms with Gasteiger partial charge in [-0.2, -0.15) is 0 Å². The molecule has 18 heavy (non-hydrogen) atoms. The van der Waals surface area contributed by atoms with Gasteiger partial charge in [0.2, 0.25) is 0 Å². The lowest BCUT2D eigenvalue weighted by Gasteiger charge is -2.17. The molecule has 0 spiro atoms. The van der Waals surface area contributed by atoms with Crippen LogP contribution in [0.15, 0.2) is 42.5 Å². The molecular weight excluding hydrogens is 231 g/mol. The topological polar surface area (TPSA) is 34.1 Å². The van der Waals surface area contributed by atoms with Crippen LogP contribution in [0.3, 0.4) is 0 Å². The van der Waals surface area contributed by atoms with Gasteiger partial charge in [-0.15, -0.1) is 0 Å². The molecule has 0 N–H and O–H groups in total. The monoisotopic (exact) mass is 240 g/mol. The predicted octanol–water partition coefficient (Wildman–Crippen LogP) is 2.93. The molecule has 88 valence electrons. The molecule has 0 bridgehead atoms. The van der Waals surface area contributed by atoms with Gasteiger partial charge in [-0.3, -0.25) is 9.59 Å². The zero-order valence-electron chi connectivity index (χ0n) is 9.44. The van der Waals surface area contributed by atoms with E-state index in [1.807, 2.05) is 0 Å². The van der Waals surface area contributed by atoms with E-state index in [1.54, 1.807) is 24.3 Å². The van der Waals surface area contributed by atoms with E-state index >= 15 is 0 Å². The van der Waals surface area contributed by atoms with E-state index in [9.17, 15) is 14.0 Å². The second kappa shape index (κ2) is 3.88. The third-order valence-electron chi connectivity index (χ3n) is 3.14. The van der Waals surface area contributed by atoms with Crippen molar-refractivity contribution >= 4 is 11.6 Å². The summed E-state index contributed by atoms with van der Waals surface area (Å²) in [7, 11) is 0. The first kappa shape index (κ1) is 10.8. The fourth-order valence-corrected chi connectivity index (χ4v) is 2.23. The Morgan fingerprint density at radius 3 is 1.94 bits per heavy atom. The van der Waals surface area contributed by atoms with E-state index in [1.165, 1.54) is 18.2 Å². The third-order valence-corrected chi connectivity index (χ3v) is 3.14. The van der Waals surface area contributed by atoms with E-state index in [0.717, 1.165) is 0 Å². The number of rotatable bonds is 1. The summed E-state index contributed by atoms with van der Waals surface area (Å²) in [5.41, 5.74) is 1.88. The quantitative estimate of drug-likeness (QED) is 0.655. The summed E-state index contributed by atoms with van der Waals surface area (Å²) in [6.45, 7) is -0.642. The van der Waals surface area contributed by atoms with Gasteiger partial charge in [0.1, 0.15) is 6.67 Å². The molecule has 3 heteroatoms. The van der Waals surface area contributed by atoms with Crippen molar-refractivity contribution in [3.05, 3.63) is 70.3 Å². The van der Waals surface area contributed by atoms with Crippen LogP contribution in [0.1, 0.15) is 37.4 Å². The molecule has 0 radical (unpaired) electrons. The standard InChI is InChI=1S/C15H9FO2/c16-8-9-5-6-12-13(7-9)15(18)11-4-2-1-3-10(11)14(12)17/h1-7H,8H2. The Labute approximate surface area is 103 Å². The van der Waals surface area contributed by atoms with Crippen molar-refractivity contribution in [2.75, 3.05) is 0 Å². The van der Waals surface area contributed by atoms with Crippen LogP contribution in [0.4, 0.5) is 4.39 Å². The number of hydrogen-bond acceptors (Lipinski definition) is 2. The van der Waals surface area contributed by atoms with Gasteiger partial charge in [-0.1, -0.05) is 30.3 Å². The molecule has 0 saturated carbocycles. The van der Waals surface area contributed by atoms with Gasteiger partial charge in [0.25, 0.3) is 0 Å². The normalized spacial score (nSPS) is 13.2. The lowest BCUT2D eigenvalue weighted by Crippen LogP contribution is -2.20. The van der Waals surface area contributed by atoms with E-state index in [0.29, 0.717) is 27.8 Å². The summed E-state index contributed by atoms with van der Waals surface area (Å²) < 4.78 is 12.6. The average molecular weight is 240 g/mol. The zero-order valence-corrected chi connectivity index (χ0v) is 9.44. The van der Waals surface area contributed by atoms with Gasteiger partial charge in [-0.05, 0) is 17.7 Å². The minimum atomic E-state index is -0.642. The van der Waals surface area contributed by atoms with Gasteiger partial charge < -0.3 is 0 Å². The molecule has 2 aromatic carbocycles. The highest BCUT2D eigenvalue weighted by Gasteiger charge is 2.29. The Morgan fingerprint density at radius 2 is 1.33 bits per heavy atom. The van der Waals surface area contributed by atoms with Gasteiger partial charge >= 0.3 is 0 Å². The van der Waals surface area contributed by atoms with Crippen molar-refractivity contribution in [3.8, 4) is 0 Å². The number of hydrogen-bond donors (Lipinski definition) is 0. The fraction of sp³-hybridized carbons (Fsp3) is 0.0667. The molecule has 0 aliphatic heterocycles. The summed E-state index contributed by atoms with van der Waals surface area (Å²) in [6, 6.07) is 11.2. The first-order valence-electron chi connectivity index (χ1n) is 5.59. The van der Waals surface area contributed by atoms with Crippen LogP contribution < -0.4 is 0 Å². The second-order valence-corrected chi connectivity index (χ2v) is 4.22. The van der Waals surface area contributed by atoms with Crippen molar-refractivity contribution in [1.29, 1.82) is 0 Å². The summed E-state index contributed by atoms with van der Waals surface area (Å²) >= 11 is 0. The maximum Gasteiger partial charge on any atom is 0.194 e. The third kappa shape index (κ3) is 1.40. The molecule has 0 unspecified atom stereocenters. The minimum absolute atomic E-state index is 0.175. The number of ketones is 2. The molecule has 0 saturated heterocycles. The largest absolute Gasteiger partial charge is 0.289 e. The molecule has 0 atom stereocenters. The Bertz CT molecular complexity index is 674. The summed E-state index contributed by atoms with van der Waals surface area (Å²) in [5.74, 6) is -0.388. The Kier molecular flexibility index (Phi) is 2.33. The lowest BCUT2D eigenvalue weighted by molar-refractivity contribution is 0.0979. The lowest BCUT2D eigenvalue weighted by atomic mass is 9.83. The van der Waals surface area contributed by atoms with E-state index in [2.05, 4.69) is 0 Å². The van der Waals surface area contributed by atoms with Crippen LogP contribution in [0, 0.1) is 0 Å². The number of benzene rings is 2. The molecule has 1 aliphatic rings. The highest BCUT2D eigenvalue weighted by Crippen LogP contribution is 2.27. The molecule has 0 heterocycles. The number of fused-ring (bicyclic) bond motifs is 2. The van der Waals surface area contributed by atoms with E-state index < -0.39 is 6.67 Å². The van der Waals surface area contributed by atoms with Gasteiger partial charge in [0, 0.05) is 22.3 Å². The summed E-state index contributed by atoms with van der Waals surface area (Å²) in [6.07, 6.45) is 0. The molecular formula is C15H9FO2. The molecule has 0 amide bonds. The van der Waals surface area contributed by atoms with E-state index in [4.69, 9.17) is 0 Å². The zero-order chi connectivity index (χ0) is 12.7. The highest BCUT2D eigenvalue weighted by atomic mass is 19.1. The number of halogens is 1. The van der Waals surface area contributed by atoms with Crippen molar-refractivity contribution < 1.29 is 14.0 Å². The maximum absolute atomic E-state index is 12.6. The predicted molar refractivity (Wildman–Crippen MR) is 64.6 cm³/mol. The maximum atomic E-state index is 12.6. The molecule has 3 rings (SSSR count). The first-order valence-corrected chi connectivity index (χ1v) is 5.59. The Hall–Kier alpha value is -2.29.